The van der Waals surface area contributed by atoms with E-state index < -0.39 is 0 Å². The van der Waals surface area contributed by atoms with E-state index in [9.17, 15) is 9.59 Å². The molecular weight excluding hydrogens is 260 g/mol. The minimum atomic E-state index is -0.321. The van der Waals surface area contributed by atoms with Crippen molar-refractivity contribution in [2.24, 2.45) is 0 Å². The molecule has 0 atom stereocenters. The van der Waals surface area contributed by atoms with E-state index in [1.165, 1.54) is 12.5 Å². The van der Waals surface area contributed by atoms with E-state index in [-0.39, 0.29) is 12.0 Å². The number of hydrogen-bond acceptors (Lipinski definition) is 5. The molecule has 1 fully saturated rings. The monoisotopic (exact) mass is 278 g/mol. The lowest BCUT2D eigenvalue weighted by atomic mass is 10.2. The maximum absolute atomic E-state index is 12.3. The molecule has 7 heteroatoms. The fraction of sp³-hybridized carbons (Fsp3) is 0.538. The molecule has 7 nitrogen and oxygen atoms in total. The lowest BCUT2D eigenvalue weighted by molar-refractivity contribution is 0.0569. The Morgan fingerprint density at radius 2 is 1.90 bits per heavy atom. The standard InChI is InChI=1S/C13H18N4O3/c1-3-20-13(19)17-6-4-16(5-7-17)12(18)11-8-14-9-15-10(11)2/h8-9H,3-7H2,1-2H3. The Hall–Kier alpha value is -2.18. The Morgan fingerprint density at radius 1 is 1.25 bits per heavy atom. The van der Waals surface area contributed by atoms with Gasteiger partial charge in [0.25, 0.3) is 5.91 Å². The molecule has 0 bridgehead atoms. The maximum atomic E-state index is 12.3. The number of ether oxygens (including phenoxy) is 1. The molecule has 2 amide bonds. The van der Waals surface area contributed by atoms with Gasteiger partial charge < -0.3 is 14.5 Å². The molecule has 0 spiro atoms. The van der Waals surface area contributed by atoms with Gasteiger partial charge in [-0.25, -0.2) is 14.8 Å². The van der Waals surface area contributed by atoms with Crippen molar-refractivity contribution in [3.8, 4) is 0 Å². The van der Waals surface area contributed by atoms with E-state index in [1.807, 2.05) is 0 Å². The Bertz CT molecular complexity index is 498. The van der Waals surface area contributed by atoms with Gasteiger partial charge in [-0.15, -0.1) is 0 Å². The molecule has 0 saturated carbocycles. The van der Waals surface area contributed by atoms with Gasteiger partial charge >= 0.3 is 6.09 Å². The van der Waals surface area contributed by atoms with Gasteiger partial charge in [0.05, 0.1) is 17.9 Å². The van der Waals surface area contributed by atoms with Crippen molar-refractivity contribution in [1.82, 2.24) is 19.8 Å². The summed E-state index contributed by atoms with van der Waals surface area (Å²) in [5.41, 5.74) is 1.18. The number of hydrogen-bond donors (Lipinski definition) is 0. The predicted molar refractivity (Wildman–Crippen MR) is 71.3 cm³/mol. The van der Waals surface area contributed by atoms with E-state index in [4.69, 9.17) is 4.74 Å². The number of nitrogens with zero attached hydrogens (tertiary/aromatic N) is 4. The van der Waals surface area contributed by atoms with Gasteiger partial charge in [0.15, 0.2) is 0 Å². The highest BCUT2D eigenvalue weighted by Gasteiger charge is 2.26. The molecule has 1 aromatic rings. The first-order chi connectivity index (χ1) is 9.63. The molecular formula is C13H18N4O3. The average molecular weight is 278 g/mol. The van der Waals surface area contributed by atoms with E-state index in [0.29, 0.717) is 44.0 Å². The molecule has 0 N–H and O–H groups in total. The molecule has 0 unspecified atom stereocenters. The number of piperazine rings is 1. The molecule has 2 rings (SSSR count). The van der Waals surface area contributed by atoms with Crippen molar-refractivity contribution in [2.45, 2.75) is 13.8 Å². The molecule has 1 saturated heterocycles. The van der Waals surface area contributed by atoms with E-state index in [0.717, 1.165) is 0 Å². The van der Waals surface area contributed by atoms with Crippen LogP contribution in [-0.4, -0.2) is 64.6 Å². The Labute approximate surface area is 117 Å². The summed E-state index contributed by atoms with van der Waals surface area (Å²) in [6.45, 7) is 5.87. The normalized spacial score (nSPS) is 15.1. The summed E-state index contributed by atoms with van der Waals surface area (Å²) in [4.78, 5) is 35.1. The highest BCUT2D eigenvalue weighted by atomic mass is 16.6. The minimum Gasteiger partial charge on any atom is -0.450 e. The minimum absolute atomic E-state index is 0.0911. The van der Waals surface area contributed by atoms with Gasteiger partial charge in [-0.1, -0.05) is 0 Å². The summed E-state index contributed by atoms with van der Waals surface area (Å²) in [6, 6.07) is 0. The van der Waals surface area contributed by atoms with Crippen LogP contribution < -0.4 is 0 Å². The van der Waals surface area contributed by atoms with Crippen molar-refractivity contribution in [3.63, 3.8) is 0 Å². The second kappa shape index (κ2) is 6.31. The summed E-state index contributed by atoms with van der Waals surface area (Å²) < 4.78 is 4.94. The average Bonchev–Trinajstić information content (AvgIpc) is 2.47. The lowest BCUT2D eigenvalue weighted by Crippen LogP contribution is -2.50. The molecule has 0 aliphatic carbocycles. The first-order valence-electron chi connectivity index (χ1n) is 6.61. The lowest BCUT2D eigenvalue weighted by Gasteiger charge is -2.34. The molecule has 108 valence electrons. The summed E-state index contributed by atoms with van der Waals surface area (Å²) in [5.74, 6) is -0.0911. The Balaban J connectivity index is 1.96. The second-order valence-corrected chi connectivity index (χ2v) is 4.50. The molecule has 1 aromatic heterocycles. The third-order valence-corrected chi connectivity index (χ3v) is 3.23. The van der Waals surface area contributed by atoms with Gasteiger partial charge in [0.2, 0.25) is 0 Å². The van der Waals surface area contributed by atoms with E-state index in [1.54, 1.807) is 23.6 Å². The van der Waals surface area contributed by atoms with Gasteiger partial charge in [-0.2, -0.15) is 0 Å². The number of carbonyl (C=O) groups is 2. The number of aromatic nitrogens is 2. The Morgan fingerprint density at radius 3 is 2.50 bits per heavy atom. The molecule has 20 heavy (non-hydrogen) atoms. The second-order valence-electron chi connectivity index (χ2n) is 4.50. The number of aryl methyl sites for hydroxylation is 1. The first-order valence-corrected chi connectivity index (χ1v) is 6.61. The quantitative estimate of drug-likeness (QED) is 0.796. The highest BCUT2D eigenvalue weighted by Crippen LogP contribution is 2.10. The van der Waals surface area contributed by atoms with Crippen LogP contribution in [0.15, 0.2) is 12.5 Å². The van der Waals surface area contributed by atoms with Crippen LogP contribution in [0.5, 0.6) is 0 Å². The van der Waals surface area contributed by atoms with Crippen LogP contribution in [0.3, 0.4) is 0 Å². The molecule has 0 radical (unpaired) electrons. The SMILES string of the molecule is CCOC(=O)N1CCN(C(=O)c2cncnc2C)CC1. The van der Waals surface area contributed by atoms with Crippen molar-refractivity contribution >= 4 is 12.0 Å². The third kappa shape index (κ3) is 3.04. The number of rotatable bonds is 2. The van der Waals surface area contributed by atoms with Gasteiger partial charge in [0, 0.05) is 32.4 Å². The maximum Gasteiger partial charge on any atom is 0.409 e. The smallest absolute Gasteiger partial charge is 0.409 e. The van der Waals surface area contributed by atoms with Crippen LogP contribution in [0.2, 0.25) is 0 Å². The van der Waals surface area contributed by atoms with Crippen molar-refractivity contribution < 1.29 is 14.3 Å². The first kappa shape index (κ1) is 14.2. The molecule has 2 heterocycles. The summed E-state index contributed by atoms with van der Waals surface area (Å²) in [5, 5.41) is 0. The summed E-state index contributed by atoms with van der Waals surface area (Å²) in [7, 11) is 0. The Kier molecular flexibility index (Phi) is 4.49. The van der Waals surface area contributed by atoms with Crippen LogP contribution in [-0.2, 0) is 4.74 Å². The van der Waals surface area contributed by atoms with Crippen molar-refractivity contribution in [3.05, 3.63) is 23.8 Å². The van der Waals surface area contributed by atoms with Crippen LogP contribution in [0.4, 0.5) is 4.79 Å². The van der Waals surface area contributed by atoms with Crippen LogP contribution in [0, 0.1) is 6.92 Å². The van der Waals surface area contributed by atoms with E-state index >= 15 is 0 Å². The zero-order valence-corrected chi connectivity index (χ0v) is 11.7. The van der Waals surface area contributed by atoms with Gasteiger partial charge in [-0.05, 0) is 13.8 Å². The zero-order valence-electron chi connectivity index (χ0n) is 11.7. The molecule has 1 aliphatic heterocycles. The van der Waals surface area contributed by atoms with Gasteiger partial charge in [0.1, 0.15) is 6.33 Å². The van der Waals surface area contributed by atoms with Crippen molar-refractivity contribution in [1.29, 1.82) is 0 Å². The predicted octanol–water partition coefficient (Wildman–Crippen LogP) is 0.699. The third-order valence-electron chi connectivity index (χ3n) is 3.23. The summed E-state index contributed by atoms with van der Waals surface area (Å²) in [6.07, 6.45) is 2.63. The highest BCUT2D eigenvalue weighted by molar-refractivity contribution is 5.95. The molecule has 1 aliphatic rings. The fourth-order valence-corrected chi connectivity index (χ4v) is 2.08. The summed E-state index contributed by atoms with van der Waals surface area (Å²) >= 11 is 0. The van der Waals surface area contributed by atoms with Crippen molar-refractivity contribution in [2.75, 3.05) is 32.8 Å². The van der Waals surface area contributed by atoms with Crippen LogP contribution in [0.1, 0.15) is 23.0 Å². The number of carbonyl (C=O) groups excluding carboxylic acids is 2. The van der Waals surface area contributed by atoms with E-state index in [2.05, 4.69) is 9.97 Å². The zero-order chi connectivity index (χ0) is 14.5. The van der Waals surface area contributed by atoms with Crippen LogP contribution >= 0.6 is 0 Å². The van der Waals surface area contributed by atoms with Gasteiger partial charge in [-0.3, -0.25) is 4.79 Å². The molecule has 0 aromatic carbocycles. The van der Waals surface area contributed by atoms with Crippen LogP contribution in [0.25, 0.3) is 0 Å². The largest absolute Gasteiger partial charge is 0.450 e. The topological polar surface area (TPSA) is 75.6 Å². The number of amides is 2. The fourth-order valence-electron chi connectivity index (χ4n) is 2.08.